The summed E-state index contributed by atoms with van der Waals surface area (Å²) in [6.07, 6.45) is 5.74. The van der Waals surface area contributed by atoms with E-state index in [1.54, 1.807) is 6.07 Å². The topological polar surface area (TPSA) is 103 Å². The Morgan fingerprint density at radius 1 is 1.00 bits per heavy atom. The standard InChI is InChI=1S/C24H32O6/c1-21-8-5-14(25)11-23(21,28)10-7-16-15(21)6-9-22(2)18(13-3-4-17(26)29-12-13)19(27)20-24(16,22)30-20/h3-4,12,14-16,18-20,25,27-28H,5-11H2,1-2H3/t14-,15+,16-,18-,19+,20-,21+,22+,23+,24+/m0/s1. The molecule has 1 saturated heterocycles. The van der Waals surface area contributed by atoms with E-state index in [0.717, 1.165) is 37.7 Å². The molecule has 5 aliphatic rings. The average molecular weight is 417 g/mol. The van der Waals surface area contributed by atoms with Crippen LogP contribution >= 0.6 is 0 Å². The fourth-order valence-electron chi connectivity index (χ4n) is 8.81. The Morgan fingerprint density at radius 2 is 1.73 bits per heavy atom. The highest BCUT2D eigenvalue weighted by Crippen LogP contribution is 2.78. The van der Waals surface area contributed by atoms with Crippen LogP contribution in [0.1, 0.15) is 70.3 Å². The largest absolute Gasteiger partial charge is 0.431 e. The summed E-state index contributed by atoms with van der Waals surface area (Å²) in [6, 6.07) is 3.22. The second-order valence-corrected chi connectivity index (χ2v) is 11.2. The molecular weight excluding hydrogens is 384 g/mol. The predicted octanol–water partition coefficient (Wildman–Crippen LogP) is 2.34. The van der Waals surface area contributed by atoms with Gasteiger partial charge in [-0.05, 0) is 67.4 Å². The molecule has 0 radical (unpaired) electrons. The molecule has 1 aromatic heterocycles. The first-order valence-corrected chi connectivity index (χ1v) is 11.5. The fraction of sp³-hybridized carbons (Fsp3) is 0.792. The van der Waals surface area contributed by atoms with E-state index in [-0.39, 0.29) is 40.0 Å². The van der Waals surface area contributed by atoms with Gasteiger partial charge in [-0.1, -0.05) is 13.8 Å². The third-order valence-electron chi connectivity index (χ3n) is 10.3. The zero-order valence-electron chi connectivity index (χ0n) is 17.7. The Kier molecular flexibility index (Phi) is 3.75. The van der Waals surface area contributed by atoms with Crippen molar-refractivity contribution >= 4 is 0 Å². The van der Waals surface area contributed by atoms with Crippen LogP contribution in [0.2, 0.25) is 0 Å². The first-order valence-electron chi connectivity index (χ1n) is 11.5. The maximum Gasteiger partial charge on any atom is 0.335 e. The van der Waals surface area contributed by atoms with Crippen molar-refractivity contribution < 1.29 is 24.5 Å². The molecule has 5 fully saturated rings. The SMILES string of the molecule is C[C@]12CC[C@H](O)C[C@]1(O)CC[C@H]1[C@H]2CC[C@]2(C)[C@@H](c3ccc(=O)oc3)[C@@H](O)[C@@H]3O[C@]132. The molecule has 0 bridgehead atoms. The van der Waals surface area contributed by atoms with Gasteiger partial charge in [0.2, 0.25) is 0 Å². The first-order chi connectivity index (χ1) is 14.2. The van der Waals surface area contributed by atoms with Gasteiger partial charge in [0, 0.05) is 23.8 Å². The molecule has 30 heavy (non-hydrogen) atoms. The Bertz CT molecular complexity index is 923. The second kappa shape index (κ2) is 5.77. The van der Waals surface area contributed by atoms with Crippen LogP contribution in [0.4, 0.5) is 0 Å². The second-order valence-electron chi connectivity index (χ2n) is 11.2. The summed E-state index contributed by atoms with van der Waals surface area (Å²) in [5.74, 6) is 0.488. The van der Waals surface area contributed by atoms with Gasteiger partial charge in [-0.3, -0.25) is 0 Å². The van der Waals surface area contributed by atoms with Crippen molar-refractivity contribution in [2.45, 2.75) is 94.2 Å². The molecule has 6 nitrogen and oxygen atoms in total. The van der Waals surface area contributed by atoms with Crippen LogP contribution in [-0.2, 0) is 4.74 Å². The zero-order valence-corrected chi connectivity index (χ0v) is 17.7. The fourth-order valence-corrected chi connectivity index (χ4v) is 8.81. The Labute approximate surface area is 176 Å². The normalized spacial score (nSPS) is 56.4. The Balaban J connectivity index is 1.40. The molecule has 1 aromatic rings. The number of rotatable bonds is 1. The van der Waals surface area contributed by atoms with Crippen molar-refractivity contribution in [2.24, 2.45) is 22.7 Å². The van der Waals surface area contributed by atoms with Crippen molar-refractivity contribution in [2.75, 3.05) is 0 Å². The molecule has 1 aliphatic heterocycles. The van der Waals surface area contributed by atoms with E-state index in [9.17, 15) is 20.1 Å². The van der Waals surface area contributed by atoms with Crippen LogP contribution in [0.3, 0.4) is 0 Å². The lowest BCUT2D eigenvalue weighted by atomic mass is 9.42. The summed E-state index contributed by atoms with van der Waals surface area (Å²) in [7, 11) is 0. The number of ether oxygens (including phenoxy) is 1. The average Bonchev–Trinajstić information content (AvgIpc) is 3.41. The van der Waals surface area contributed by atoms with Crippen LogP contribution in [0, 0.1) is 22.7 Å². The van der Waals surface area contributed by atoms with Gasteiger partial charge >= 0.3 is 5.63 Å². The van der Waals surface area contributed by atoms with E-state index in [0.29, 0.717) is 18.8 Å². The van der Waals surface area contributed by atoms with Gasteiger partial charge in [0.05, 0.1) is 24.1 Å². The molecule has 0 unspecified atom stereocenters. The van der Waals surface area contributed by atoms with Crippen LogP contribution in [0.15, 0.2) is 27.6 Å². The van der Waals surface area contributed by atoms with Gasteiger partial charge in [0.25, 0.3) is 0 Å². The molecule has 0 aromatic carbocycles. The van der Waals surface area contributed by atoms with Gasteiger partial charge < -0.3 is 24.5 Å². The number of hydrogen-bond donors (Lipinski definition) is 3. The molecule has 6 heteroatoms. The third kappa shape index (κ3) is 2.07. The zero-order chi connectivity index (χ0) is 21.1. The van der Waals surface area contributed by atoms with E-state index in [1.807, 2.05) is 0 Å². The monoisotopic (exact) mass is 416 g/mol. The molecule has 0 amide bonds. The maximum absolute atomic E-state index is 11.6. The highest BCUT2D eigenvalue weighted by molar-refractivity contribution is 5.38. The summed E-state index contributed by atoms with van der Waals surface area (Å²) >= 11 is 0. The van der Waals surface area contributed by atoms with Crippen molar-refractivity contribution in [3.05, 3.63) is 34.4 Å². The van der Waals surface area contributed by atoms with E-state index < -0.39 is 17.8 Å². The van der Waals surface area contributed by atoms with E-state index in [1.165, 1.54) is 12.3 Å². The molecule has 6 rings (SSSR count). The maximum atomic E-state index is 11.6. The Morgan fingerprint density at radius 3 is 2.47 bits per heavy atom. The lowest BCUT2D eigenvalue weighted by Gasteiger charge is -2.63. The summed E-state index contributed by atoms with van der Waals surface area (Å²) in [5.41, 5.74) is -1.17. The van der Waals surface area contributed by atoms with Gasteiger partial charge in [0.15, 0.2) is 0 Å². The van der Waals surface area contributed by atoms with Gasteiger partial charge in [-0.15, -0.1) is 0 Å². The Hall–Kier alpha value is -1.21. The highest BCUT2D eigenvalue weighted by atomic mass is 16.6. The van der Waals surface area contributed by atoms with Crippen LogP contribution < -0.4 is 5.63 Å². The molecule has 3 N–H and O–H groups in total. The smallest absolute Gasteiger partial charge is 0.335 e. The molecule has 4 aliphatic carbocycles. The summed E-state index contributed by atoms with van der Waals surface area (Å²) in [4.78, 5) is 11.5. The molecule has 1 spiro atoms. The van der Waals surface area contributed by atoms with Gasteiger partial charge in [0.1, 0.15) is 11.7 Å². The minimum atomic E-state index is -0.819. The quantitative estimate of drug-likeness (QED) is 0.607. The minimum Gasteiger partial charge on any atom is -0.431 e. The van der Waals surface area contributed by atoms with Crippen molar-refractivity contribution in [1.29, 1.82) is 0 Å². The van der Waals surface area contributed by atoms with Crippen molar-refractivity contribution in [3.8, 4) is 0 Å². The van der Waals surface area contributed by atoms with Crippen LogP contribution in [-0.4, -0.2) is 44.8 Å². The summed E-state index contributed by atoms with van der Waals surface area (Å²) in [6.45, 7) is 4.46. The molecular formula is C24H32O6. The predicted molar refractivity (Wildman–Crippen MR) is 108 cm³/mol. The van der Waals surface area contributed by atoms with E-state index in [2.05, 4.69) is 13.8 Å². The highest BCUT2D eigenvalue weighted by Gasteiger charge is 2.84. The van der Waals surface area contributed by atoms with Crippen molar-refractivity contribution in [3.63, 3.8) is 0 Å². The number of aliphatic hydroxyl groups excluding tert-OH is 2. The van der Waals surface area contributed by atoms with E-state index in [4.69, 9.17) is 9.15 Å². The number of fused-ring (bicyclic) bond motifs is 3. The third-order valence-corrected chi connectivity index (χ3v) is 10.3. The summed E-state index contributed by atoms with van der Waals surface area (Å²) in [5, 5.41) is 33.1. The number of epoxide rings is 1. The molecule has 10 atom stereocenters. The lowest BCUT2D eigenvalue weighted by Crippen LogP contribution is -2.65. The first kappa shape index (κ1) is 19.5. The van der Waals surface area contributed by atoms with E-state index >= 15 is 0 Å². The van der Waals surface area contributed by atoms with Crippen LogP contribution in [0.5, 0.6) is 0 Å². The molecule has 164 valence electrons. The molecule has 2 heterocycles. The molecule has 4 saturated carbocycles. The van der Waals surface area contributed by atoms with Gasteiger partial charge in [-0.2, -0.15) is 0 Å². The number of aliphatic hydroxyl groups is 3. The number of hydrogen-bond acceptors (Lipinski definition) is 6. The van der Waals surface area contributed by atoms with Crippen LogP contribution in [0.25, 0.3) is 0 Å². The minimum absolute atomic E-state index is 0.122. The van der Waals surface area contributed by atoms with Crippen molar-refractivity contribution in [1.82, 2.24) is 0 Å². The lowest BCUT2D eigenvalue weighted by molar-refractivity contribution is -0.224. The van der Waals surface area contributed by atoms with Gasteiger partial charge in [-0.25, -0.2) is 4.79 Å². The summed E-state index contributed by atoms with van der Waals surface area (Å²) < 4.78 is 11.6.